The minimum Gasteiger partial charge on any atom is -0.350 e. The molecule has 1 heterocycles. The second-order valence-corrected chi connectivity index (χ2v) is 6.19. The Hall–Kier alpha value is -0.610. The van der Waals surface area contributed by atoms with E-state index in [0.29, 0.717) is 12.5 Å². The number of carbonyl (C=O) groups is 1. The Bertz CT molecular complexity index is 266. The molecule has 0 spiro atoms. The molecule has 1 amide bonds. The van der Waals surface area contributed by atoms with Crippen molar-refractivity contribution < 1.29 is 4.79 Å². The van der Waals surface area contributed by atoms with E-state index in [-0.39, 0.29) is 11.4 Å². The summed E-state index contributed by atoms with van der Waals surface area (Å²) in [6.07, 6.45) is 3.50. The molecular weight excluding hydrogens is 226 g/mol. The van der Waals surface area contributed by atoms with Crippen LogP contribution >= 0.6 is 0 Å². The van der Waals surface area contributed by atoms with Gasteiger partial charge < -0.3 is 15.5 Å². The first-order chi connectivity index (χ1) is 8.43. The van der Waals surface area contributed by atoms with E-state index >= 15 is 0 Å². The molecule has 1 fully saturated rings. The minimum atomic E-state index is -0.0934. The van der Waals surface area contributed by atoms with Crippen LogP contribution in [0.3, 0.4) is 0 Å². The summed E-state index contributed by atoms with van der Waals surface area (Å²) in [4.78, 5) is 14.1. The molecule has 0 aromatic rings. The van der Waals surface area contributed by atoms with Gasteiger partial charge in [0.2, 0.25) is 5.91 Å². The summed E-state index contributed by atoms with van der Waals surface area (Å²) in [7, 11) is 2.17. The summed E-state index contributed by atoms with van der Waals surface area (Å²) in [6.45, 7) is 9.94. The summed E-state index contributed by atoms with van der Waals surface area (Å²) in [5.74, 6) is 0.793. The number of rotatable bonds is 6. The summed E-state index contributed by atoms with van der Waals surface area (Å²) < 4.78 is 0. The van der Waals surface area contributed by atoms with Crippen LogP contribution < -0.4 is 10.6 Å². The normalized spacial score (nSPS) is 21.9. The van der Waals surface area contributed by atoms with Gasteiger partial charge in [-0.05, 0) is 59.2 Å². The molecule has 0 aromatic carbocycles. The first kappa shape index (κ1) is 15.4. The van der Waals surface area contributed by atoms with Crippen LogP contribution in [-0.4, -0.2) is 49.6 Å². The molecule has 106 valence electrons. The van der Waals surface area contributed by atoms with Crippen LogP contribution in [0.15, 0.2) is 0 Å². The molecule has 0 aromatic heterocycles. The Morgan fingerprint density at radius 1 is 1.44 bits per heavy atom. The summed E-state index contributed by atoms with van der Waals surface area (Å²) in [5.41, 5.74) is -0.0934. The quantitative estimate of drug-likeness (QED) is 0.750. The Labute approximate surface area is 111 Å². The Morgan fingerprint density at radius 2 is 2.17 bits per heavy atom. The molecule has 18 heavy (non-hydrogen) atoms. The SMILES string of the molecule is CCC(C)(C)NC(=O)CNCC1CCCN(C)C1. The Kier molecular flexibility index (Phi) is 6.09. The fraction of sp³-hybridized carbons (Fsp3) is 0.929. The van der Waals surface area contributed by atoms with Crippen LogP contribution in [0.2, 0.25) is 0 Å². The van der Waals surface area contributed by atoms with Gasteiger partial charge in [0.25, 0.3) is 0 Å². The molecule has 0 bridgehead atoms. The van der Waals surface area contributed by atoms with Crippen LogP contribution in [0.5, 0.6) is 0 Å². The van der Waals surface area contributed by atoms with E-state index in [1.165, 1.54) is 19.4 Å². The predicted octanol–water partition coefficient (Wildman–Crippen LogP) is 1.22. The van der Waals surface area contributed by atoms with E-state index < -0.39 is 0 Å². The third kappa shape index (κ3) is 5.83. The predicted molar refractivity (Wildman–Crippen MR) is 75.6 cm³/mol. The van der Waals surface area contributed by atoms with Crippen molar-refractivity contribution in [2.24, 2.45) is 5.92 Å². The van der Waals surface area contributed by atoms with Gasteiger partial charge in [-0.2, -0.15) is 0 Å². The maximum Gasteiger partial charge on any atom is 0.234 e. The first-order valence-electron chi connectivity index (χ1n) is 7.13. The van der Waals surface area contributed by atoms with E-state index in [1.807, 2.05) is 0 Å². The third-order valence-electron chi connectivity index (χ3n) is 3.80. The zero-order valence-electron chi connectivity index (χ0n) is 12.4. The molecular formula is C14H29N3O. The lowest BCUT2D eigenvalue weighted by Crippen LogP contribution is -2.47. The van der Waals surface area contributed by atoms with Crippen molar-refractivity contribution >= 4 is 5.91 Å². The Morgan fingerprint density at radius 3 is 2.78 bits per heavy atom. The molecule has 4 nitrogen and oxygen atoms in total. The molecule has 1 atom stereocenters. The number of hydrogen-bond acceptors (Lipinski definition) is 3. The van der Waals surface area contributed by atoms with Gasteiger partial charge in [-0.15, -0.1) is 0 Å². The lowest BCUT2D eigenvalue weighted by molar-refractivity contribution is -0.121. The van der Waals surface area contributed by atoms with Gasteiger partial charge in [0.15, 0.2) is 0 Å². The maximum absolute atomic E-state index is 11.7. The summed E-state index contributed by atoms with van der Waals surface area (Å²) in [6, 6.07) is 0. The topological polar surface area (TPSA) is 44.4 Å². The van der Waals surface area contributed by atoms with E-state index in [1.54, 1.807) is 0 Å². The fourth-order valence-electron chi connectivity index (χ4n) is 2.34. The molecule has 0 radical (unpaired) electrons. The smallest absolute Gasteiger partial charge is 0.234 e. The number of likely N-dealkylation sites (tertiary alicyclic amines) is 1. The highest BCUT2D eigenvalue weighted by Crippen LogP contribution is 2.13. The number of amides is 1. The van der Waals surface area contributed by atoms with Gasteiger partial charge in [0.1, 0.15) is 0 Å². The largest absolute Gasteiger partial charge is 0.350 e. The standard InChI is InChI=1S/C14H29N3O/c1-5-14(2,3)16-13(18)10-15-9-12-7-6-8-17(4)11-12/h12,15H,5-11H2,1-4H3,(H,16,18). The Balaban J connectivity index is 2.15. The van der Waals surface area contributed by atoms with Crippen molar-refractivity contribution in [2.45, 2.75) is 45.6 Å². The highest BCUT2D eigenvalue weighted by molar-refractivity contribution is 5.78. The highest BCUT2D eigenvalue weighted by atomic mass is 16.2. The molecule has 1 aliphatic heterocycles. The zero-order chi connectivity index (χ0) is 13.6. The number of nitrogens with zero attached hydrogens (tertiary/aromatic N) is 1. The van der Waals surface area contributed by atoms with Crippen molar-refractivity contribution in [3.63, 3.8) is 0 Å². The number of hydrogen-bond donors (Lipinski definition) is 2. The van der Waals surface area contributed by atoms with Crippen molar-refractivity contribution in [3.8, 4) is 0 Å². The molecule has 1 aliphatic rings. The summed E-state index contributed by atoms with van der Waals surface area (Å²) in [5, 5.41) is 6.32. The van der Waals surface area contributed by atoms with Gasteiger partial charge in [0, 0.05) is 12.1 Å². The number of carbonyl (C=O) groups excluding carboxylic acids is 1. The average molecular weight is 255 g/mol. The highest BCUT2D eigenvalue weighted by Gasteiger charge is 2.19. The second kappa shape index (κ2) is 7.10. The van der Waals surface area contributed by atoms with Gasteiger partial charge in [-0.1, -0.05) is 6.92 Å². The van der Waals surface area contributed by atoms with E-state index in [0.717, 1.165) is 19.5 Å². The van der Waals surface area contributed by atoms with Gasteiger partial charge in [-0.25, -0.2) is 0 Å². The van der Waals surface area contributed by atoms with E-state index in [9.17, 15) is 4.79 Å². The second-order valence-electron chi connectivity index (χ2n) is 6.19. The van der Waals surface area contributed by atoms with Crippen LogP contribution in [0, 0.1) is 5.92 Å². The number of nitrogens with one attached hydrogen (secondary N) is 2. The lowest BCUT2D eigenvalue weighted by atomic mass is 9.98. The molecule has 1 saturated heterocycles. The maximum atomic E-state index is 11.7. The lowest BCUT2D eigenvalue weighted by Gasteiger charge is -2.30. The van der Waals surface area contributed by atoms with Gasteiger partial charge in [-0.3, -0.25) is 4.79 Å². The van der Waals surface area contributed by atoms with Crippen molar-refractivity contribution in [2.75, 3.05) is 33.2 Å². The van der Waals surface area contributed by atoms with E-state index in [4.69, 9.17) is 0 Å². The molecule has 0 saturated carbocycles. The molecule has 0 aliphatic carbocycles. The van der Waals surface area contributed by atoms with E-state index in [2.05, 4.69) is 43.4 Å². The van der Waals surface area contributed by atoms with Crippen molar-refractivity contribution in [1.82, 2.24) is 15.5 Å². The molecule has 2 N–H and O–H groups in total. The number of piperidine rings is 1. The van der Waals surface area contributed by atoms with Gasteiger partial charge >= 0.3 is 0 Å². The molecule has 1 rings (SSSR count). The minimum absolute atomic E-state index is 0.0934. The zero-order valence-corrected chi connectivity index (χ0v) is 12.4. The van der Waals surface area contributed by atoms with Gasteiger partial charge in [0.05, 0.1) is 6.54 Å². The first-order valence-corrected chi connectivity index (χ1v) is 7.13. The van der Waals surface area contributed by atoms with Crippen molar-refractivity contribution in [3.05, 3.63) is 0 Å². The third-order valence-corrected chi connectivity index (χ3v) is 3.80. The monoisotopic (exact) mass is 255 g/mol. The molecule has 4 heteroatoms. The average Bonchev–Trinajstić information content (AvgIpc) is 2.28. The molecule has 1 unspecified atom stereocenters. The fourth-order valence-corrected chi connectivity index (χ4v) is 2.34. The van der Waals surface area contributed by atoms with Crippen LogP contribution in [-0.2, 0) is 4.79 Å². The van der Waals surface area contributed by atoms with Crippen LogP contribution in [0.25, 0.3) is 0 Å². The van der Waals surface area contributed by atoms with Crippen molar-refractivity contribution in [1.29, 1.82) is 0 Å². The van der Waals surface area contributed by atoms with Crippen LogP contribution in [0.4, 0.5) is 0 Å². The summed E-state index contributed by atoms with van der Waals surface area (Å²) >= 11 is 0. The van der Waals surface area contributed by atoms with Crippen LogP contribution in [0.1, 0.15) is 40.0 Å².